The van der Waals surface area contributed by atoms with Crippen LogP contribution in [0.1, 0.15) is 37.9 Å². The first-order valence-electron chi connectivity index (χ1n) is 9.84. The van der Waals surface area contributed by atoms with Gasteiger partial charge in [0.25, 0.3) is 5.89 Å². The van der Waals surface area contributed by atoms with E-state index in [-0.39, 0.29) is 0 Å². The molecule has 3 aromatic rings. The van der Waals surface area contributed by atoms with Crippen LogP contribution in [0.3, 0.4) is 0 Å². The molecular weight excluding hydrogens is 342 g/mol. The fourth-order valence-electron chi connectivity index (χ4n) is 6.12. The van der Waals surface area contributed by atoms with Gasteiger partial charge in [0.05, 0.1) is 16.9 Å². The molecule has 0 radical (unpaired) electrons. The second kappa shape index (κ2) is 5.32. The van der Waals surface area contributed by atoms with Gasteiger partial charge in [0.2, 0.25) is 0 Å². The summed E-state index contributed by atoms with van der Waals surface area (Å²) in [6.45, 7) is 1.82. The fourth-order valence-corrected chi connectivity index (χ4v) is 6.12. The summed E-state index contributed by atoms with van der Waals surface area (Å²) in [7, 11) is 0. The smallest absolute Gasteiger partial charge is 0.261 e. The van der Waals surface area contributed by atoms with Crippen molar-refractivity contribution in [1.29, 1.82) is 0 Å². The SMILES string of the molecule is Cc1noc(-c2cnc3[nH]ccc3c2NC2C3CC4CC2CC(O)(C4)C3)n1. The number of aromatic amines is 1. The Morgan fingerprint density at radius 3 is 2.78 bits per heavy atom. The van der Waals surface area contributed by atoms with Crippen molar-refractivity contribution in [2.75, 3.05) is 5.32 Å². The Hall–Kier alpha value is -2.41. The summed E-state index contributed by atoms with van der Waals surface area (Å²) in [6, 6.07) is 2.41. The van der Waals surface area contributed by atoms with Gasteiger partial charge in [0, 0.05) is 23.8 Å². The molecule has 140 valence electrons. The number of nitrogens with one attached hydrogen (secondary N) is 2. The molecule has 27 heavy (non-hydrogen) atoms. The zero-order valence-corrected chi connectivity index (χ0v) is 15.3. The molecule has 0 aromatic carbocycles. The molecule has 4 bridgehead atoms. The maximum absolute atomic E-state index is 10.9. The van der Waals surface area contributed by atoms with Gasteiger partial charge >= 0.3 is 0 Å². The summed E-state index contributed by atoms with van der Waals surface area (Å²) >= 11 is 0. The Morgan fingerprint density at radius 1 is 1.26 bits per heavy atom. The number of aromatic nitrogens is 4. The Labute approximate surface area is 156 Å². The third kappa shape index (κ3) is 2.34. The van der Waals surface area contributed by atoms with E-state index in [9.17, 15) is 5.11 Å². The van der Waals surface area contributed by atoms with Gasteiger partial charge in [-0.1, -0.05) is 5.16 Å². The monoisotopic (exact) mass is 365 g/mol. The van der Waals surface area contributed by atoms with Crippen LogP contribution < -0.4 is 5.32 Å². The summed E-state index contributed by atoms with van der Waals surface area (Å²) < 4.78 is 5.45. The lowest BCUT2D eigenvalue weighted by molar-refractivity contribution is -0.129. The zero-order chi connectivity index (χ0) is 18.2. The van der Waals surface area contributed by atoms with Crippen LogP contribution in [-0.4, -0.2) is 36.9 Å². The zero-order valence-electron chi connectivity index (χ0n) is 15.3. The first-order chi connectivity index (χ1) is 13.1. The van der Waals surface area contributed by atoms with Crippen molar-refractivity contribution in [3.8, 4) is 11.5 Å². The minimum Gasteiger partial charge on any atom is -0.390 e. The standard InChI is InChI=1S/C20H23N5O2/c1-10-23-19(27-25-10)15-9-22-18-14(2-3-21-18)17(15)24-16-12-4-11-5-13(16)8-20(26,6-11)7-12/h2-3,9,11-13,16,26H,4-8H2,1H3,(H2,21,22,24). The Kier molecular flexibility index (Phi) is 3.08. The van der Waals surface area contributed by atoms with Gasteiger partial charge < -0.3 is 19.9 Å². The number of hydrogen-bond donors (Lipinski definition) is 3. The first kappa shape index (κ1) is 15.6. The lowest BCUT2D eigenvalue weighted by Gasteiger charge is -2.58. The molecule has 2 atom stereocenters. The molecule has 3 aromatic heterocycles. The van der Waals surface area contributed by atoms with E-state index in [0.717, 1.165) is 41.5 Å². The average Bonchev–Trinajstić information content (AvgIpc) is 3.25. The molecule has 2 unspecified atom stereocenters. The van der Waals surface area contributed by atoms with Gasteiger partial charge in [0.15, 0.2) is 5.82 Å². The van der Waals surface area contributed by atoms with E-state index in [2.05, 4.69) is 25.4 Å². The Morgan fingerprint density at radius 2 is 2.07 bits per heavy atom. The number of aliphatic hydroxyl groups is 1. The molecule has 4 aliphatic rings. The highest BCUT2D eigenvalue weighted by molar-refractivity contribution is 5.97. The van der Waals surface area contributed by atoms with Crippen molar-refractivity contribution in [2.45, 2.75) is 50.7 Å². The molecular formula is C20H23N5O2. The lowest BCUT2D eigenvalue weighted by Crippen LogP contribution is -2.59. The molecule has 7 heteroatoms. The lowest BCUT2D eigenvalue weighted by atomic mass is 9.52. The van der Waals surface area contributed by atoms with E-state index < -0.39 is 5.60 Å². The van der Waals surface area contributed by atoms with Crippen LogP contribution in [0.5, 0.6) is 0 Å². The molecule has 0 aliphatic heterocycles. The van der Waals surface area contributed by atoms with E-state index in [1.807, 2.05) is 19.2 Å². The van der Waals surface area contributed by atoms with Crippen LogP contribution in [0.4, 0.5) is 5.69 Å². The van der Waals surface area contributed by atoms with E-state index in [1.54, 1.807) is 6.20 Å². The number of H-pyrrole nitrogens is 1. The van der Waals surface area contributed by atoms with Gasteiger partial charge in [-0.05, 0) is 62.8 Å². The summed E-state index contributed by atoms with van der Waals surface area (Å²) in [5, 5.41) is 19.7. The Bertz CT molecular complexity index is 1010. The third-order valence-corrected chi connectivity index (χ3v) is 6.90. The fraction of sp³-hybridized carbons (Fsp3) is 0.550. The van der Waals surface area contributed by atoms with Crippen molar-refractivity contribution in [2.24, 2.45) is 17.8 Å². The minimum absolute atomic E-state index is 0.366. The maximum Gasteiger partial charge on any atom is 0.261 e. The number of anilines is 1. The molecule has 4 aliphatic carbocycles. The van der Waals surface area contributed by atoms with E-state index in [4.69, 9.17) is 4.52 Å². The van der Waals surface area contributed by atoms with Crippen LogP contribution in [0.2, 0.25) is 0 Å². The highest BCUT2D eigenvalue weighted by atomic mass is 16.5. The number of nitrogens with zero attached hydrogens (tertiary/aromatic N) is 3. The van der Waals surface area contributed by atoms with Gasteiger partial charge in [-0.25, -0.2) is 4.98 Å². The average molecular weight is 365 g/mol. The van der Waals surface area contributed by atoms with Crippen molar-refractivity contribution in [3.63, 3.8) is 0 Å². The van der Waals surface area contributed by atoms with Gasteiger partial charge in [-0.2, -0.15) is 4.98 Å². The highest BCUT2D eigenvalue weighted by Crippen LogP contribution is 2.56. The third-order valence-electron chi connectivity index (χ3n) is 6.90. The van der Waals surface area contributed by atoms with E-state index in [1.165, 1.54) is 12.8 Å². The molecule has 7 rings (SSSR count). The first-order valence-corrected chi connectivity index (χ1v) is 9.84. The van der Waals surface area contributed by atoms with Crippen LogP contribution >= 0.6 is 0 Å². The van der Waals surface area contributed by atoms with Crippen LogP contribution in [0.15, 0.2) is 23.0 Å². The molecule has 4 fully saturated rings. The van der Waals surface area contributed by atoms with E-state index >= 15 is 0 Å². The van der Waals surface area contributed by atoms with Gasteiger partial charge in [-0.15, -0.1) is 0 Å². The van der Waals surface area contributed by atoms with Crippen LogP contribution in [0, 0.1) is 24.7 Å². The predicted octanol–water partition coefficient (Wildman–Crippen LogP) is 3.27. The number of aryl methyl sites for hydroxylation is 1. The second-order valence-corrected chi connectivity index (χ2v) is 8.80. The van der Waals surface area contributed by atoms with Crippen LogP contribution in [0.25, 0.3) is 22.5 Å². The second-order valence-electron chi connectivity index (χ2n) is 8.80. The van der Waals surface area contributed by atoms with Crippen molar-refractivity contribution in [3.05, 3.63) is 24.3 Å². The predicted molar refractivity (Wildman–Crippen MR) is 100 cm³/mol. The number of hydrogen-bond acceptors (Lipinski definition) is 6. The van der Waals surface area contributed by atoms with Crippen molar-refractivity contribution in [1.82, 2.24) is 20.1 Å². The molecule has 0 spiro atoms. The topological polar surface area (TPSA) is 99.9 Å². The minimum atomic E-state index is -0.428. The normalized spacial score (nSPS) is 34.4. The number of pyridine rings is 1. The molecule has 3 heterocycles. The Balaban J connectivity index is 1.43. The molecule has 3 N–H and O–H groups in total. The molecule has 4 saturated carbocycles. The summed E-state index contributed by atoms with van der Waals surface area (Å²) in [5.41, 5.74) is 2.27. The quantitative estimate of drug-likeness (QED) is 0.659. The highest BCUT2D eigenvalue weighted by Gasteiger charge is 2.54. The van der Waals surface area contributed by atoms with Gasteiger partial charge in [-0.3, -0.25) is 0 Å². The van der Waals surface area contributed by atoms with Gasteiger partial charge in [0.1, 0.15) is 5.65 Å². The summed E-state index contributed by atoms with van der Waals surface area (Å²) in [6.07, 6.45) is 8.96. The molecule has 0 saturated heterocycles. The molecule has 7 nitrogen and oxygen atoms in total. The largest absolute Gasteiger partial charge is 0.390 e. The van der Waals surface area contributed by atoms with Crippen LogP contribution in [-0.2, 0) is 0 Å². The van der Waals surface area contributed by atoms with Crippen molar-refractivity contribution < 1.29 is 9.63 Å². The maximum atomic E-state index is 10.9. The summed E-state index contributed by atoms with van der Waals surface area (Å²) in [4.78, 5) is 12.1. The van der Waals surface area contributed by atoms with Crippen molar-refractivity contribution >= 4 is 16.7 Å². The number of rotatable bonds is 3. The van der Waals surface area contributed by atoms with E-state index in [0.29, 0.717) is 35.5 Å². The summed E-state index contributed by atoms with van der Waals surface area (Å²) in [5.74, 6) is 2.82. The molecule has 0 amide bonds. The number of fused-ring (bicyclic) bond motifs is 1.